The predicted molar refractivity (Wildman–Crippen MR) is 124 cm³/mol. The van der Waals surface area contributed by atoms with Crippen LogP contribution in [0.1, 0.15) is 90.4 Å². The highest BCUT2D eigenvalue weighted by atomic mass is 16.9. The van der Waals surface area contributed by atoms with Crippen molar-refractivity contribution >= 4 is 5.78 Å². The van der Waals surface area contributed by atoms with Gasteiger partial charge in [-0.15, -0.1) is 0 Å². The maximum atomic E-state index is 11.2. The Kier molecular flexibility index (Phi) is 14.7. The molecule has 2 rings (SSSR count). The number of carbonyl (C=O) groups is 1. The van der Waals surface area contributed by atoms with E-state index >= 15 is 0 Å². The lowest BCUT2D eigenvalue weighted by atomic mass is 10.1. The quantitative estimate of drug-likeness (QED) is 0.355. The van der Waals surface area contributed by atoms with Crippen LogP contribution in [0.2, 0.25) is 0 Å². The van der Waals surface area contributed by atoms with Gasteiger partial charge >= 0.3 is 5.97 Å². The van der Waals surface area contributed by atoms with E-state index in [0.717, 1.165) is 77.0 Å². The van der Waals surface area contributed by atoms with Gasteiger partial charge in [0, 0.05) is 19.6 Å². The molecule has 8 nitrogen and oxygen atoms in total. The van der Waals surface area contributed by atoms with Gasteiger partial charge in [0.1, 0.15) is 12.4 Å². The number of rotatable bonds is 15. The molecule has 0 atom stereocenters. The van der Waals surface area contributed by atoms with Gasteiger partial charge in [-0.1, -0.05) is 6.42 Å². The van der Waals surface area contributed by atoms with Gasteiger partial charge in [-0.3, -0.25) is 0 Å². The fourth-order valence-corrected chi connectivity index (χ4v) is 4.05. The first-order chi connectivity index (χ1) is 16.1. The van der Waals surface area contributed by atoms with Crippen molar-refractivity contribution in [1.82, 2.24) is 0 Å². The molecule has 2 aliphatic heterocycles. The standard InChI is InChI=1S/C25H46O8/c1-23(27)14-6-2-9-19-31-25(32-20-12-5-13-21-33-25)24(22-28-16-8-3-7-15-26)29-17-10-4-11-18-30-24/h26H,2-22H2,1H3. The zero-order valence-corrected chi connectivity index (χ0v) is 20.7. The number of aliphatic hydroxyl groups is 1. The molecule has 0 aliphatic carbocycles. The van der Waals surface area contributed by atoms with E-state index in [1.165, 1.54) is 0 Å². The van der Waals surface area contributed by atoms with E-state index in [9.17, 15) is 4.79 Å². The average Bonchev–Trinajstić information content (AvgIpc) is 2.76. The molecule has 0 unspecified atom stereocenters. The summed E-state index contributed by atoms with van der Waals surface area (Å²) >= 11 is 0. The van der Waals surface area contributed by atoms with Crippen LogP contribution in [0.3, 0.4) is 0 Å². The molecular weight excluding hydrogens is 428 g/mol. The minimum atomic E-state index is -1.49. The maximum absolute atomic E-state index is 11.2. The number of unbranched alkanes of at least 4 members (excludes halogenated alkanes) is 4. The highest BCUT2D eigenvalue weighted by Gasteiger charge is 2.60. The number of hydrogen-bond acceptors (Lipinski definition) is 8. The Morgan fingerprint density at radius 1 is 0.758 bits per heavy atom. The van der Waals surface area contributed by atoms with Crippen LogP contribution in [0.25, 0.3) is 0 Å². The first-order valence-corrected chi connectivity index (χ1v) is 13.0. The highest BCUT2D eigenvalue weighted by Crippen LogP contribution is 2.38. The van der Waals surface area contributed by atoms with Gasteiger partial charge in [-0.05, 0) is 77.6 Å². The van der Waals surface area contributed by atoms with Crippen molar-refractivity contribution in [3.8, 4) is 0 Å². The van der Waals surface area contributed by atoms with Crippen LogP contribution in [-0.4, -0.2) is 75.5 Å². The van der Waals surface area contributed by atoms with Crippen molar-refractivity contribution in [1.29, 1.82) is 0 Å². The lowest BCUT2D eigenvalue weighted by molar-refractivity contribution is -0.506. The molecule has 0 aromatic carbocycles. The van der Waals surface area contributed by atoms with Crippen LogP contribution in [0.4, 0.5) is 0 Å². The monoisotopic (exact) mass is 474 g/mol. The van der Waals surface area contributed by atoms with Gasteiger partial charge in [0.25, 0.3) is 5.79 Å². The number of ketones is 1. The summed E-state index contributed by atoms with van der Waals surface area (Å²) in [5.74, 6) is -2.58. The number of ether oxygens (including phenoxy) is 6. The van der Waals surface area contributed by atoms with Crippen molar-refractivity contribution in [2.75, 3.05) is 52.9 Å². The third kappa shape index (κ3) is 10.3. The Morgan fingerprint density at radius 3 is 1.94 bits per heavy atom. The van der Waals surface area contributed by atoms with E-state index in [1.807, 2.05) is 0 Å². The summed E-state index contributed by atoms with van der Waals surface area (Å²) in [6, 6.07) is 0. The summed E-state index contributed by atoms with van der Waals surface area (Å²) in [5.41, 5.74) is 0. The van der Waals surface area contributed by atoms with E-state index in [-0.39, 0.29) is 19.0 Å². The summed E-state index contributed by atoms with van der Waals surface area (Å²) < 4.78 is 37.6. The molecule has 0 amide bonds. The lowest BCUT2D eigenvalue weighted by Gasteiger charge is -2.48. The lowest BCUT2D eigenvalue weighted by Crippen LogP contribution is -2.66. The van der Waals surface area contributed by atoms with Gasteiger partial charge < -0.3 is 38.3 Å². The van der Waals surface area contributed by atoms with Crippen molar-refractivity contribution in [3.05, 3.63) is 0 Å². The molecule has 0 saturated carbocycles. The molecule has 194 valence electrons. The Bertz CT molecular complexity index is 497. The Hall–Kier alpha value is -0.610. The SMILES string of the molecule is CC(=O)CCCCCOC1(C2(COCCCCCO)OCCCCCO2)OCCCCCO1. The average molecular weight is 475 g/mol. The molecule has 2 heterocycles. The number of aliphatic hydroxyl groups excluding tert-OH is 1. The minimum Gasteiger partial charge on any atom is -0.396 e. The second kappa shape index (κ2) is 16.9. The third-order valence-electron chi connectivity index (χ3n) is 6.00. The van der Waals surface area contributed by atoms with Crippen molar-refractivity contribution in [2.24, 2.45) is 0 Å². The molecule has 33 heavy (non-hydrogen) atoms. The van der Waals surface area contributed by atoms with Crippen molar-refractivity contribution in [3.63, 3.8) is 0 Å². The fraction of sp³-hybridized carbons (Fsp3) is 0.960. The van der Waals surface area contributed by atoms with E-state index < -0.39 is 11.8 Å². The van der Waals surface area contributed by atoms with Crippen LogP contribution in [0.5, 0.6) is 0 Å². The van der Waals surface area contributed by atoms with E-state index in [2.05, 4.69) is 0 Å². The van der Waals surface area contributed by atoms with Gasteiger partial charge in [-0.2, -0.15) is 0 Å². The van der Waals surface area contributed by atoms with Gasteiger partial charge in [0.15, 0.2) is 0 Å². The van der Waals surface area contributed by atoms with Crippen LogP contribution in [-0.2, 0) is 33.2 Å². The largest absolute Gasteiger partial charge is 0.396 e. The normalized spacial score (nSPS) is 21.5. The highest BCUT2D eigenvalue weighted by molar-refractivity contribution is 5.75. The number of carbonyl (C=O) groups excluding carboxylic acids is 1. The first-order valence-electron chi connectivity index (χ1n) is 13.0. The molecule has 0 aromatic heterocycles. The van der Waals surface area contributed by atoms with E-state index in [0.29, 0.717) is 46.1 Å². The molecule has 8 heteroatoms. The molecule has 0 radical (unpaired) electrons. The molecule has 1 N–H and O–H groups in total. The fourth-order valence-electron chi connectivity index (χ4n) is 4.05. The maximum Gasteiger partial charge on any atom is 0.343 e. The van der Waals surface area contributed by atoms with Gasteiger partial charge in [-0.25, -0.2) is 0 Å². The topological polar surface area (TPSA) is 92.7 Å². The Balaban J connectivity index is 2.10. The minimum absolute atomic E-state index is 0.149. The van der Waals surface area contributed by atoms with E-state index in [1.54, 1.807) is 6.92 Å². The second-order valence-corrected chi connectivity index (χ2v) is 9.02. The summed E-state index contributed by atoms with van der Waals surface area (Å²) in [7, 11) is 0. The zero-order chi connectivity index (χ0) is 23.7. The van der Waals surface area contributed by atoms with Crippen LogP contribution >= 0.6 is 0 Å². The molecule has 2 saturated heterocycles. The molecule has 2 aliphatic rings. The molecule has 0 aromatic rings. The zero-order valence-electron chi connectivity index (χ0n) is 20.7. The van der Waals surface area contributed by atoms with Crippen LogP contribution in [0.15, 0.2) is 0 Å². The Labute approximate surface area is 199 Å². The smallest absolute Gasteiger partial charge is 0.343 e. The van der Waals surface area contributed by atoms with E-state index in [4.69, 9.17) is 33.5 Å². The summed E-state index contributed by atoms with van der Waals surface area (Å²) in [6.45, 7) is 4.95. The molecule has 0 bridgehead atoms. The van der Waals surface area contributed by atoms with Crippen molar-refractivity contribution in [2.45, 2.75) is 102 Å². The first kappa shape index (κ1) is 28.6. The van der Waals surface area contributed by atoms with Gasteiger partial charge in [0.05, 0.1) is 33.0 Å². The predicted octanol–water partition coefficient (Wildman–Crippen LogP) is 4.12. The third-order valence-corrected chi connectivity index (χ3v) is 6.00. The van der Waals surface area contributed by atoms with Crippen molar-refractivity contribution < 1.29 is 38.3 Å². The van der Waals surface area contributed by atoms with Crippen LogP contribution < -0.4 is 0 Å². The van der Waals surface area contributed by atoms with Gasteiger partial charge in [0.2, 0.25) is 0 Å². The second-order valence-electron chi connectivity index (χ2n) is 9.02. The van der Waals surface area contributed by atoms with Crippen LogP contribution in [0, 0.1) is 0 Å². The number of hydrogen-bond donors (Lipinski definition) is 1. The summed E-state index contributed by atoms with van der Waals surface area (Å²) in [4.78, 5) is 11.2. The Morgan fingerprint density at radius 2 is 1.33 bits per heavy atom. The number of Topliss-reactive ketones (excluding diaryl/α,β-unsaturated/α-hetero) is 1. The molecule has 2 fully saturated rings. The summed E-state index contributed by atoms with van der Waals surface area (Å²) in [5, 5.41) is 9.00. The molecule has 0 spiro atoms. The summed E-state index contributed by atoms with van der Waals surface area (Å²) in [6.07, 6.45) is 11.4. The molecular formula is C25H46O8.